The fourth-order valence-electron chi connectivity index (χ4n) is 1.68. The molecule has 0 spiro atoms. The highest BCUT2D eigenvalue weighted by Gasteiger charge is 2.18. The van der Waals surface area contributed by atoms with Gasteiger partial charge in [0.15, 0.2) is 6.10 Å². The van der Waals surface area contributed by atoms with Gasteiger partial charge in [-0.15, -0.1) is 6.58 Å². The van der Waals surface area contributed by atoms with Crippen LogP contribution in [0.3, 0.4) is 0 Å². The second-order valence-corrected chi connectivity index (χ2v) is 4.49. The molecule has 1 rings (SSSR count). The fraction of sp³-hybridized carbons (Fsp3) is 0.400. The molecule has 4 nitrogen and oxygen atoms in total. The van der Waals surface area contributed by atoms with E-state index in [1.54, 1.807) is 26.1 Å². The predicted octanol–water partition coefficient (Wildman–Crippen LogP) is 2.18. The van der Waals surface area contributed by atoms with E-state index in [0.29, 0.717) is 12.3 Å². The molecule has 0 radical (unpaired) electrons. The number of nitrogens with one attached hydrogen (secondary N) is 2. The lowest BCUT2D eigenvalue weighted by Crippen LogP contribution is -2.36. The van der Waals surface area contributed by atoms with Crippen molar-refractivity contribution in [3.63, 3.8) is 0 Å². The number of amides is 1. The molecule has 1 aromatic carbocycles. The van der Waals surface area contributed by atoms with Gasteiger partial charge in [0, 0.05) is 24.2 Å². The smallest absolute Gasteiger partial charge is 0.261 e. The van der Waals surface area contributed by atoms with Crippen molar-refractivity contribution < 1.29 is 13.9 Å². The van der Waals surface area contributed by atoms with E-state index in [1.807, 2.05) is 6.92 Å². The zero-order valence-electron chi connectivity index (χ0n) is 12.1. The number of rotatable bonds is 7. The van der Waals surface area contributed by atoms with Crippen LogP contribution in [0.4, 0.5) is 4.39 Å². The van der Waals surface area contributed by atoms with Crippen LogP contribution >= 0.6 is 0 Å². The highest BCUT2D eigenvalue weighted by molar-refractivity contribution is 5.80. The summed E-state index contributed by atoms with van der Waals surface area (Å²) in [5.41, 5.74) is 0.803. The average molecular weight is 280 g/mol. The van der Waals surface area contributed by atoms with Crippen molar-refractivity contribution in [3.8, 4) is 5.75 Å². The van der Waals surface area contributed by atoms with Crippen molar-refractivity contribution >= 4 is 5.91 Å². The van der Waals surface area contributed by atoms with E-state index in [2.05, 4.69) is 17.2 Å². The van der Waals surface area contributed by atoms with Gasteiger partial charge in [0.05, 0.1) is 0 Å². The van der Waals surface area contributed by atoms with Gasteiger partial charge in [0.2, 0.25) is 0 Å². The number of carbonyl (C=O) groups excluding carboxylic acids is 1. The number of carbonyl (C=O) groups is 1. The van der Waals surface area contributed by atoms with Crippen LogP contribution in [0.15, 0.2) is 30.9 Å². The van der Waals surface area contributed by atoms with Crippen LogP contribution in [0.5, 0.6) is 5.75 Å². The average Bonchev–Trinajstić information content (AvgIpc) is 2.44. The first-order valence-electron chi connectivity index (χ1n) is 6.51. The van der Waals surface area contributed by atoms with E-state index >= 15 is 0 Å². The van der Waals surface area contributed by atoms with Crippen molar-refractivity contribution in [1.82, 2.24) is 10.6 Å². The second kappa shape index (κ2) is 7.65. The Balaban J connectivity index is 2.87. The quantitative estimate of drug-likeness (QED) is 0.753. The Morgan fingerprint density at radius 1 is 1.50 bits per heavy atom. The lowest BCUT2D eigenvalue weighted by molar-refractivity contribution is -0.127. The minimum absolute atomic E-state index is 0.00552. The summed E-state index contributed by atoms with van der Waals surface area (Å²) in [6, 6.07) is 4.31. The maximum Gasteiger partial charge on any atom is 0.261 e. The molecule has 0 fully saturated rings. The molecular formula is C15H21FN2O2. The summed E-state index contributed by atoms with van der Waals surface area (Å²) in [7, 11) is 1.80. The van der Waals surface area contributed by atoms with E-state index in [1.165, 1.54) is 12.1 Å². The third-order valence-electron chi connectivity index (χ3n) is 2.97. The molecule has 0 saturated carbocycles. The molecule has 0 aliphatic heterocycles. The van der Waals surface area contributed by atoms with Gasteiger partial charge >= 0.3 is 0 Å². The third-order valence-corrected chi connectivity index (χ3v) is 2.97. The number of halogens is 1. The second-order valence-electron chi connectivity index (χ2n) is 4.49. The van der Waals surface area contributed by atoms with E-state index in [0.717, 1.165) is 5.56 Å². The van der Waals surface area contributed by atoms with Crippen LogP contribution in [-0.4, -0.2) is 25.6 Å². The lowest BCUT2D eigenvalue weighted by atomic mass is 10.1. The molecule has 20 heavy (non-hydrogen) atoms. The lowest BCUT2D eigenvalue weighted by Gasteiger charge is -2.20. The SMILES string of the molecule is C=CCNC(=O)C(C)Oc1cc(F)ccc1C(C)NC. The Morgan fingerprint density at radius 2 is 2.20 bits per heavy atom. The molecule has 1 aromatic rings. The molecule has 0 saturated heterocycles. The summed E-state index contributed by atoms with van der Waals surface area (Å²) in [6.07, 6.45) is 0.876. The van der Waals surface area contributed by atoms with Gasteiger partial charge in [-0.25, -0.2) is 4.39 Å². The number of benzene rings is 1. The van der Waals surface area contributed by atoms with Crippen molar-refractivity contribution in [2.75, 3.05) is 13.6 Å². The molecule has 2 N–H and O–H groups in total. The van der Waals surface area contributed by atoms with Crippen LogP contribution in [0.1, 0.15) is 25.5 Å². The van der Waals surface area contributed by atoms with Gasteiger partial charge in [-0.1, -0.05) is 12.1 Å². The molecule has 0 heterocycles. The minimum Gasteiger partial charge on any atom is -0.480 e. The van der Waals surface area contributed by atoms with Gasteiger partial charge in [0.1, 0.15) is 11.6 Å². The zero-order chi connectivity index (χ0) is 15.1. The minimum atomic E-state index is -0.709. The monoisotopic (exact) mass is 280 g/mol. The molecular weight excluding hydrogens is 259 g/mol. The summed E-state index contributed by atoms with van der Waals surface area (Å²) in [6.45, 7) is 7.45. The largest absolute Gasteiger partial charge is 0.480 e. The maximum atomic E-state index is 13.4. The topological polar surface area (TPSA) is 50.4 Å². The van der Waals surface area contributed by atoms with Gasteiger partial charge in [-0.2, -0.15) is 0 Å². The Morgan fingerprint density at radius 3 is 2.80 bits per heavy atom. The van der Waals surface area contributed by atoms with Crippen molar-refractivity contribution in [1.29, 1.82) is 0 Å². The normalized spacial score (nSPS) is 13.4. The summed E-state index contributed by atoms with van der Waals surface area (Å²) < 4.78 is 18.9. The maximum absolute atomic E-state index is 13.4. The Hall–Kier alpha value is -1.88. The van der Waals surface area contributed by atoms with Crippen LogP contribution < -0.4 is 15.4 Å². The van der Waals surface area contributed by atoms with E-state index < -0.39 is 11.9 Å². The molecule has 5 heteroatoms. The predicted molar refractivity (Wildman–Crippen MR) is 77.2 cm³/mol. The molecule has 0 aliphatic rings. The highest BCUT2D eigenvalue weighted by Crippen LogP contribution is 2.26. The van der Waals surface area contributed by atoms with Crippen LogP contribution in [0, 0.1) is 5.82 Å². The summed E-state index contributed by atoms with van der Waals surface area (Å²) in [4.78, 5) is 11.7. The summed E-state index contributed by atoms with van der Waals surface area (Å²) in [5, 5.41) is 5.70. The Bertz CT molecular complexity index is 477. The molecule has 2 atom stereocenters. The number of hydrogen-bond acceptors (Lipinski definition) is 3. The summed E-state index contributed by atoms with van der Waals surface area (Å²) >= 11 is 0. The van der Waals surface area contributed by atoms with Gasteiger partial charge in [0.25, 0.3) is 5.91 Å². The number of ether oxygens (including phenoxy) is 1. The first-order valence-corrected chi connectivity index (χ1v) is 6.51. The molecule has 0 aromatic heterocycles. The van der Waals surface area contributed by atoms with Gasteiger partial charge in [-0.05, 0) is 27.0 Å². The Labute approximate surface area is 119 Å². The van der Waals surface area contributed by atoms with Crippen LogP contribution in [0.25, 0.3) is 0 Å². The molecule has 0 bridgehead atoms. The van der Waals surface area contributed by atoms with Gasteiger partial charge in [-0.3, -0.25) is 4.79 Å². The zero-order valence-corrected chi connectivity index (χ0v) is 12.1. The standard InChI is InChI=1S/C15H21FN2O2/c1-5-8-18-15(19)11(3)20-14-9-12(16)6-7-13(14)10(2)17-4/h5-7,9-11,17H,1,8H2,2-4H3,(H,18,19). The van der Waals surface area contributed by atoms with Crippen molar-refractivity contribution in [2.45, 2.75) is 26.0 Å². The third kappa shape index (κ3) is 4.35. The van der Waals surface area contributed by atoms with E-state index in [9.17, 15) is 9.18 Å². The summed E-state index contributed by atoms with van der Waals surface area (Å²) in [5.74, 6) is -0.295. The van der Waals surface area contributed by atoms with Crippen LogP contribution in [0.2, 0.25) is 0 Å². The van der Waals surface area contributed by atoms with Crippen LogP contribution in [-0.2, 0) is 4.79 Å². The first-order chi connectivity index (χ1) is 9.49. The first kappa shape index (κ1) is 16.2. The van der Waals surface area contributed by atoms with E-state index in [4.69, 9.17) is 4.74 Å². The molecule has 2 unspecified atom stereocenters. The Kier molecular flexibility index (Phi) is 6.18. The highest BCUT2D eigenvalue weighted by atomic mass is 19.1. The fourth-order valence-corrected chi connectivity index (χ4v) is 1.68. The van der Waals surface area contributed by atoms with E-state index in [-0.39, 0.29) is 11.9 Å². The van der Waals surface area contributed by atoms with Crippen molar-refractivity contribution in [3.05, 3.63) is 42.2 Å². The van der Waals surface area contributed by atoms with Crippen molar-refractivity contribution in [2.24, 2.45) is 0 Å². The molecule has 110 valence electrons. The molecule has 1 amide bonds. The van der Waals surface area contributed by atoms with Gasteiger partial charge < -0.3 is 15.4 Å². The number of hydrogen-bond donors (Lipinski definition) is 2. The molecule has 0 aliphatic carbocycles.